The molecule has 6 nitrogen and oxygen atoms in total. The number of hydrogen-bond donors (Lipinski definition) is 0. The number of methoxy groups -OCH3 is 2. The number of carbonyl (C=O) groups excluding carboxylic acids is 1. The second kappa shape index (κ2) is 16.2. The molecule has 0 aliphatic carbocycles. The van der Waals surface area contributed by atoms with Crippen molar-refractivity contribution in [2.75, 3.05) is 20.8 Å². The zero-order chi connectivity index (χ0) is 32.1. The summed E-state index contributed by atoms with van der Waals surface area (Å²) >= 11 is 0. The van der Waals surface area contributed by atoms with Crippen molar-refractivity contribution in [1.29, 1.82) is 0 Å². The molecule has 0 aliphatic rings. The van der Waals surface area contributed by atoms with Crippen molar-refractivity contribution in [3.63, 3.8) is 0 Å². The molecule has 0 saturated heterocycles. The summed E-state index contributed by atoms with van der Waals surface area (Å²) in [5, 5.41) is 0. The Morgan fingerprint density at radius 1 is 0.630 bits per heavy atom. The molecule has 0 N–H and O–H groups in total. The second-order valence-corrected chi connectivity index (χ2v) is 11.1. The van der Waals surface area contributed by atoms with E-state index in [1.54, 1.807) is 14.2 Å². The van der Waals surface area contributed by atoms with Gasteiger partial charge in [0, 0.05) is 12.1 Å². The molecule has 0 aliphatic heterocycles. The molecule has 236 valence electrons. The number of benzene rings is 5. The fourth-order valence-electron chi connectivity index (χ4n) is 5.41. The van der Waals surface area contributed by atoms with Gasteiger partial charge in [-0.3, -0.25) is 4.79 Å². The van der Waals surface area contributed by atoms with Crippen LogP contribution in [0.2, 0.25) is 0 Å². The number of hydrogen-bond acceptors (Lipinski definition) is 5. The molecule has 1 atom stereocenters. The number of nitrogens with zero attached hydrogens (tertiary/aromatic N) is 1. The van der Waals surface area contributed by atoms with Crippen molar-refractivity contribution < 1.29 is 23.7 Å². The van der Waals surface area contributed by atoms with Gasteiger partial charge in [-0.2, -0.15) is 0 Å². The predicted molar refractivity (Wildman–Crippen MR) is 182 cm³/mol. The normalized spacial score (nSPS) is 11.4. The molecule has 1 amide bonds. The van der Waals surface area contributed by atoms with E-state index in [4.69, 9.17) is 18.9 Å². The minimum absolute atomic E-state index is 0.00430. The fourth-order valence-corrected chi connectivity index (χ4v) is 5.41. The van der Waals surface area contributed by atoms with Gasteiger partial charge < -0.3 is 23.8 Å². The Bertz CT molecular complexity index is 1670. The molecule has 46 heavy (non-hydrogen) atoms. The van der Waals surface area contributed by atoms with Crippen LogP contribution in [0, 0.1) is 0 Å². The first-order valence-corrected chi connectivity index (χ1v) is 15.6. The molecule has 0 fully saturated rings. The van der Waals surface area contributed by atoms with E-state index >= 15 is 0 Å². The lowest BCUT2D eigenvalue weighted by Crippen LogP contribution is -2.36. The van der Waals surface area contributed by atoms with E-state index < -0.39 is 0 Å². The summed E-state index contributed by atoms with van der Waals surface area (Å²) < 4.78 is 23.5. The lowest BCUT2D eigenvalue weighted by Gasteiger charge is -2.30. The molecule has 0 spiro atoms. The monoisotopic (exact) mass is 615 g/mol. The van der Waals surface area contributed by atoms with Crippen molar-refractivity contribution in [2.45, 2.75) is 39.0 Å². The van der Waals surface area contributed by atoms with E-state index in [1.165, 1.54) is 0 Å². The van der Waals surface area contributed by atoms with Gasteiger partial charge in [0.1, 0.15) is 24.7 Å². The molecule has 5 rings (SSSR count). The van der Waals surface area contributed by atoms with E-state index in [0.717, 1.165) is 27.8 Å². The lowest BCUT2D eigenvalue weighted by atomic mass is 10.0. The van der Waals surface area contributed by atoms with Crippen LogP contribution in [-0.4, -0.2) is 31.6 Å². The topological polar surface area (TPSA) is 57.2 Å². The maximum Gasteiger partial charge on any atom is 0.227 e. The van der Waals surface area contributed by atoms with Crippen LogP contribution >= 0.6 is 0 Å². The Balaban J connectivity index is 1.31. The van der Waals surface area contributed by atoms with Crippen LogP contribution in [0.1, 0.15) is 40.8 Å². The highest BCUT2D eigenvalue weighted by atomic mass is 16.5. The number of ether oxygens (including phenoxy) is 4. The van der Waals surface area contributed by atoms with Crippen LogP contribution in [0.3, 0.4) is 0 Å². The van der Waals surface area contributed by atoms with Crippen LogP contribution in [0.25, 0.3) is 0 Å². The quantitative estimate of drug-likeness (QED) is 0.119. The molecular weight excluding hydrogens is 574 g/mol. The van der Waals surface area contributed by atoms with Crippen molar-refractivity contribution in [3.05, 3.63) is 155 Å². The van der Waals surface area contributed by atoms with Crippen LogP contribution in [-0.2, 0) is 30.8 Å². The van der Waals surface area contributed by atoms with Crippen LogP contribution < -0.4 is 18.9 Å². The smallest absolute Gasteiger partial charge is 0.227 e. The Hall–Kier alpha value is -5.23. The average molecular weight is 616 g/mol. The van der Waals surface area contributed by atoms with Gasteiger partial charge in [0.2, 0.25) is 5.91 Å². The van der Waals surface area contributed by atoms with Gasteiger partial charge in [-0.15, -0.1) is 0 Å². The van der Waals surface area contributed by atoms with E-state index in [1.807, 2.05) is 120 Å². The van der Waals surface area contributed by atoms with Crippen molar-refractivity contribution in [3.8, 4) is 23.0 Å². The minimum atomic E-state index is -0.132. The summed E-state index contributed by atoms with van der Waals surface area (Å²) in [6, 6.07) is 41.7. The van der Waals surface area contributed by atoms with Gasteiger partial charge in [-0.25, -0.2) is 0 Å². The highest BCUT2D eigenvalue weighted by Gasteiger charge is 2.23. The third-order valence-electron chi connectivity index (χ3n) is 8.02. The Morgan fingerprint density at radius 2 is 1.22 bits per heavy atom. The molecule has 0 heterocycles. The predicted octanol–water partition coefficient (Wildman–Crippen LogP) is 8.24. The lowest BCUT2D eigenvalue weighted by molar-refractivity contribution is -0.132. The molecule has 5 aromatic carbocycles. The number of rotatable bonds is 15. The standard InChI is InChI=1S/C40H41NO5/c1-30(34-17-11-6-12-18-34)41(24-23-31-19-21-38(39(25-31)44-3)46-29-33-15-9-5-10-16-33)40(42)27-35-26-36(20-22-37(35)43-2)45-28-32-13-7-4-8-14-32/h4-22,25-26,30H,23-24,27-29H2,1-3H3/t30-/m0/s1. The second-order valence-electron chi connectivity index (χ2n) is 11.1. The maximum absolute atomic E-state index is 14.1. The first-order chi connectivity index (χ1) is 22.5. The zero-order valence-corrected chi connectivity index (χ0v) is 26.7. The maximum atomic E-state index is 14.1. The minimum Gasteiger partial charge on any atom is -0.496 e. The Kier molecular flexibility index (Phi) is 11.3. The summed E-state index contributed by atoms with van der Waals surface area (Å²) in [6.07, 6.45) is 0.827. The molecular formula is C40H41NO5. The van der Waals surface area contributed by atoms with E-state index in [2.05, 4.69) is 19.1 Å². The number of carbonyl (C=O) groups is 1. The van der Waals surface area contributed by atoms with Gasteiger partial charge in [0.15, 0.2) is 11.5 Å². The summed E-state index contributed by atoms with van der Waals surface area (Å²) in [7, 11) is 3.27. The Labute approximate surface area is 272 Å². The summed E-state index contributed by atoms with van der Waals surface area (Å²) in [5.41, 5.74) is 5.07. The third kappa shape index (κ3) is 8.69. The van der Waals surface area contributed by atoms with Gasteiger partial charge in [0.05, 0.1) is 26.7 Å². The first-order valence-electron chi connectivity index (χ1n) is 15.6. The van der Waals surface area contributed by atoms with Crippen LogP contribution in [0.4, 0.5) is 0 Å². The largest absolute Gasteiger partial charge is 0.496 e. The van der Waals surface area contributed by atoms with E-state index in [0.29, 0.717) is 49.2 Å². The number of amides is 1. The van der Waals surface area contributed by atoms with Crippen molar-refractivity contribution >= 4 is 5.91 Å². The highest BCUT2D eigenvalue weighted by Crippen LogP contribution is 2.31. The van der Waals surface area contributed by atoms with E-state index in [-0.39, 0.29) is 18.4 Å². The summed E-state index contributed by atoms with van der Waals surface area (Å²) in [4.78, 5) is 16.0. The molecule has 0 bridgehead atoms. The molecule has 0 saturated carbocycles. The van der Waals surface area contributed by atoms with Gasteiger partial charge in [-0.05, 0) is 65.9 Å². The molecule has 5 aromatic rings. The fraction of sp³-hybridized carbons (Fsp3) is 0.225. The van der Waals surface area contributed by atoms with E-state index in [9.17, 15) is 4.79 Å². The van der Waals surface area contributed by atoms with Crippen LogP contribution in [0.5, 0.6) is 23.0 Å². The van der Waals surface area contributed by atoms with Gasteiger partial charge in [0.25, 0.3) is 0 Å². The first kappa shape index (κ1) is 32.2. The zero-order valence-electron chi connectivity index (χ0n) is 26.7. The van der Waals surface area contributed by atoms with Crippen molar-refractivity contribution in [1.82, 2.24) is 4.90 Å². The molecule has 6 heteroatoms. The third-order valence-corrected chi connectivity index (χ3v) is 8.02. The highest BCUT2D eigenvalue weighted by molar-refractivity contribution is 5.80. The van der Waals surface area contributed by atoms with Crippen LogP contribution in [0.15, 0.2) is 127 Å². The van der Waals surface area contributed by atoms with Gasteiger partial charge in [-0.1, -0.05) is 97.1 Å². The Morgan fingerprint density at radius 3 is 1.85 bits per heavy atom. The SMILES string of the molecule is COc1ccc(OCc2ccccc2)cc1CC(=O)N(CCc1ccc(OCc2ccccc2)c(OC)c1)[C@@H](C)c1ccccc1. The molecule has 0 unspecified atom stereocenters. The molecule has 0 aromatic heterocycles. The van der Waals surface area contributed by atoms with Gasteiger partial charge >= 0.3 is 0 Å². The molecule has 0 radical (unpaired) electrons. The van der Waals surface area contributed by atoms with Crippen molar-refractivity contribution in [2.24, 2.45) is 0 Å². The summed E-state index contributed by atoms with van der Waals surface area (Å²) in [6.45, 7) is 3.49. The summed E-state index contributed by atoms with van der Waals surface area (Å²) in [5.74, 6) is 2.70. The average Bonchev–Trinajstić information content (AvgIpc) is 3.11.